The first-order valence-corrected chi connectivity index (χ1v) is 5.07. The van der Waals surface area contributed by atoms with Crippen molar-refractivity contribution in [2.24, 2.45) is 0 Å². The molecular formula is C9H9ClO2S. The molecule has 1 aromatic heterocycles. The van der Waals surface area contributed by atoms with Crippen LogP contribution in [0.5, 0.6) is 0 Å². The molecule has 0 aliphatic rings. The third-order valence-corrected chi connectivity index (χ3v) is 2.82. The maximum absolute atomic E-state index is 11.4. The predicted octanol–water partition coefficient (Wildman–Crippen LogP) is 2.95. The van der Waals surface area contributed by atoms with Gasteiger partial charge in [0, 0.05) is 12.8 Å². The van der Waals surface area contributed by atoms with Crippen LogP contribution in [0.25, 0.3) is 0 Å². The summed E-state index contributed by atoms with van der Waals surface area (Å²) in [6, 6.07) is 3.38. The van der Waals surface area contributed by atoms with E-state index in [0.29, 0.717) is 15.6 Å². The normalized spacial score (nSPS) is 10.0. The molecule has 0 atom stereocenters. The van der Waals surface area contributed by atoms with Gasteiger partial charge in [-0.15, -0.1) is 11.3 Å². The van der Waals surface area contributed by atoms with Gasteiger partial charge in [-0.1, -0.05) is 11.6 Å². The van der Waals surface area contributed by atoms with Crippen molar-refractivity contribution >= 4 is 34.5 Å². The van der Waals surface area contributed by atoms with Crippen LogP contribution < -0.4 is 0 Å². The van der Waals surface area contributed by atoms with E-state index in [0.717, 1.165) is 0 Å². The fourth-order valence-corrected chi connectivity index (χ4v) is 1.89. The summed E-state index contributed by atoms with van der Waals surface area (Å²) in [6.45, 7) is 1.48. The number of hydrogen-bond donors (Lipinski definition) is 0. The van der Waals surface area contributed by atoms with Crippen LogP contribution in [0, 0.1) is 0 Å². The molecular weight excluding hydrogens is 208 g/mol. The number of carbonyl (C=O) groups excluding carboxylic acids is 2. The van der Waals surface area contributed by atoms with E-state index in [-0.39, 0.29) is 18.0 Å². The number of ketones is 2. The monoisotopic (exact) mass is 216 g/mol. The molecule has 0 aliphatic heterocycles. The summed E-state index contributed by atoms with van der Waals surface area (Å²) in [7, 11) is 0. The molecule has 0 aliphatic carbocycles. The minimum atomic E-state index is -0.00731. The molecule has 0 spiro atoms. The van der Waals surface area contributed by atoms with Crippen LogP contribution in [0.2, 0.25) is 4.34 Å². The molecule has 0 aromatic carbocycles. The van der Waals surface area contributed by atoms with Crippen molar-refractivity contribution in [3.05, 3.63) is 21.3 Å². The van der Waals surface area contributed by atoms with Crippen molar-refractivity contribution in [1.82, 2.24) is 0 Å². The zero-order valence-electron chi connectivity index (χ0n) is 7.17. The Morgan fingerprint density at radius 1 is 1.38 bits per heavy atom. The zero-order valence-corrected chi connectivity index (χ0v) is 8.74. The van der Waals surface area contributed by atoms with Crippen molar-refractivity contribution in [3.8, 4) is 0 Å². The Labute approximate surface area is 85.5 Å². The molecule has 0 amide bonds. The molecule has 0 fully saturated rings. The van der Waals surface area contributed by atoms with Crippen LogP contribution in [-0.2, 0) is 4.79 Å². The number of thiophene rings is 1. The lowest BCUT2D eigenvalue weighted by molar-refractivity contribution is -0.116. The Balaban J connectivity index is 2.54. The molecule has 0 saturated heterocycles. The summed E-state index contributed by atoms with van der Waals surface area (Å²) in [4.78, 5) is 22.6. The molecule has 0 saturated carbocycles. The van der Waals surface area contributed by atoms with E-state index in [2.05, 4.69) is 0 Å². The highest BCUT2D eigenvalue weighted by Crippen LogP contribution is 2.22. The first-order chi connectivity index (χ1) is 6.09. The highest BCUT2D eigenvalue weighted by atomic mass is 35.5. The predicted molar refractivity (Wildman–Crippen MR) is 53.6 cm³/mol. The van der Waals surface area contributed by atoms with E-state index in [1.54, 1.807) is 12.1 Å². The first kappa shape index (κ1) is 10.4. The Morgan fingerprint density at radius 3 is 2.54 bits per heavy atom. The molecule has 13 heavy (non-hydrogen) atoms. The van der Waals surface area contributed by atoms with Gasteiger partial charge >= 0.3 is 0 Å². The van der Waals surface area contributed by atoms with Gasteiger partial charge in [0.2, 0.25) is 0 Å². The number of hydrogen-bond acceptors (Lipinski definition) is 3. The minimum absolute atomic E-state index is 0.00731. The molecule has 70 valence electrons. The van der Waals surface area contributed by atoms with E-state index in [9.17, 15) is 9.59 Å². The van der Waals surface area contributed by atoms with Crippen LogP contribution in [-0.4, -0.2) is 11.6 Å². The van der Waals surface area contributed by atoms with Gasteiger partial charge in [-0.25, -0.2) is 0 Å². The second kappa shape index (κ2) is 4.53. The molecule has 4 heteroatoms. The lowest BCUT2D eigenvalue weighted by Gasteiger charge is -1.93. The number of rotatable bonds is 4. The average molecular weight is 217 g/mol. The quantitative estimate of drug-likeness (QED) is 0.726. The van der Waals surface area contributed by atoms with Gasteiger partial charge in [0.15, 0.2) is 5.78 Å². The molecule has 0 unspecified atom stereocenters. The van der Waals surface area contributed by atoms with Gasteiger partial charge in [0.25, 0.3) is 0 Å². The molecule has 2 nitrogen and oxygen atoms in total. The molecule has 1 heterocycles. The van der Waals surface area contributed by atoms with Crippen LogP contribution in [0.3, 0.4) is 0 Å². The Hall–Kier alpha value is -0.670. The topological polar surface area (TPSA) is 34.1 Å². The zero-order chi connectivity index (χ0) is 9.84. The van der Waals surface area contributed by atoms with Crippen LogP contribution in [0.4, 0.5) is 0 Å². The SMILES string of the molecule is CC(=O)CCC(=O)c1ccc(Cl)s1. The van der Waals surface area contributed by atoms with E-state index < -0.39 is 0 Å². The lowest BCUT2D eigenvalue weighted by Crippen LogP contribution is -1.99. The minimum Gasteiger partial charge on any atom is -0.300 e. The number of carbonyl (C=O) groups is 2. The second-order valence-electron chi connectivity index (χ2n) is 2.73. The molecule has 0 radical (unpaired) electrons. The molecule has 1 rings (SSSR count). The standard InChI is InChI=1S/C9H9ClO2S/c1-6(11)2-3-7(12)8-4-5-9(10)13-8/h4-5H,2-3H2,1H3. The first-order valence-electron chi connectivity index (χ1n) is 3.87. The van der Waals surface area contributed by atoms with Gasteiger partial charge < -0.3 is 4.79 Å². The van der Waals surface area contributed by atoms with Gasteiger partial charge in [0.1, 0.15) is 5.78 Å². The number of halogens is 1. The van der Waals surface area contributed by atoms with Crippen molar-refractivity contribution in [1.29, 1.82) is 0 Å². The van der Waals surface area contributed by atoms with Gasteiger partial charge in [-0.2, -0.15) is 0 Å². The summed E-state index contributed by atoms with van der Waals surface area (Å²) in [5, 5.41) is 0. The summed E-state index contributed by atoms with van der Waals surface area (Å²) >= 11 is 6.92. The second-order valence-corrected chi connectivity index (χ2v) is 4.44. The maximum atomic E-state index is 11.4. The highest BCUT2D eigenvalue weighted by molar-refractivity contribution is 7.18. The van der Waals surface area contributed by atoms with E-state index in [1.807, 2.05) is 0 Å². The van der Waals surface area contributed by atoms with Crippen molar-refractivity contribution in [2.75, 3.05) is 0 Å². The molecule has 1 aromatic rings. The Kier molecular flexibility index (Phi) is 3.63. The lowest BCUT2D eigenvalue weighted by atomic mass is 10.1. The van der Waals surface area contributed by atoms with Crippen LogP contribution in [0.15, 0.2) is 12.1 Å². The fraction of sp³-hybridized carbons (Fsp3) is 0.333. The van der Waals surface area contributed by atoms with Gasteiger partial charge in [0.05, 0.1) is 9.21 Å². The van der Waals surface area contributed by atoms with E-state index >= 15 is 0 Å². The summed E-state index contributed by atoms with van der Waals surface area (Å²) in [5.74, 6) is 0.0307. The van der Waals surface area contributed by atoms with E-state index in [4.69, 9.17) is 11.6 Å². The third-order valence-electron chi connectivity index (χ3n) is 1.55. The largest absolute Gasteiger partial charge is 0.300 e. The van der Waals surface area contributed by atoms with Crippen molar-refractivity contribution < 1.29 is 9.59 Å². The maximum Gasteiger partial charge on any atom is 0.173 e. The van der Waals surface area contributed by atoms with Gasteiger partial charge in [-0.05, 0) is 19.1 Å². The summed E-state index contributed by atoms with van der Waals surface area (Å²) < 4.78 is 0.603. The smallest absolute Gasteiger partial charge is 0.173 e. The van der Waals surface area contributed by atoms with Crippen molar-refractivity contribution in [2.45, 2.75) is 19.8 Å². The molecule has 0 bridgehead atoms. The number of Topliss-reactive ketones (excluding diaryl/α,β-unsaturated/α-hetero) is 2. The Morgan fingerprint density at radius 2 is 2.08 bits per heavy atom. The third kappa shape index (κ3) is 3.28. The summed E-state index contributed by atoms with van der Waals surface area (Å²) in [6.07, 6.45) is 0.598. The Bertz CT molecular complexity index is 330. The molecule has 0 N–H and O–H groups in total. The fourth-order valence-electron chi connectivity index (χ4n) is 0.877. The van der Waals surface area contributed by atoms with E-state index in [1.165, 1.54) is 18.3 Å². The van der Waals surface area contributed by atoms with Crippen LogP contribution in [0.1, 0.15) is 29.4 Å². The highest BCUT2D eigenvalue weighted by Gasteiger charge is 2.09. The summed E-state index contributed by atoms with van der Waals surface area (Å²) in [5.41, 5.74) is 0. The van der Waals surface area contributed by atoms with Crippen molar-refractivity contribution in [3.63, 3.8) is 0 Å². The van der Waals surface area contributed by atoms with Gasteiger partial charge in [-0.3, -0.25) is 4.79 Å². The average Bonchev–Trinajstić information content (AvgIpc) is 2.47. The van der Waals surface area contributed by atoms with Crippen LogP contribution >= 0.6 is 22.9 Å².